The molecule has 0 saturated heterocycles. The highest BCUT2D eigenvalue weighted by Gasteiger charge is 2.06. The fourth-order valence-corrected chi connectivity index (χ4v) is 2.04. The molecule has 0 amide bonds. The lowest BCUT2D eigenvalue weighted by atomic mass is 10.0. The van der Waals surface area contributed by atoms with Crippen molar-refractivity contribution in [2.45, 2.75) is 32.6 Å². The second-order valence-corrected chi connectivity index (χ2v) is 5.09. The Bertz CT molecular complexity index is 363. The molecule has 0 aliphatic rings. The minimum atomic E-state index is 0.191. The van der Waals surface area contributed by atoms with Crippen LogP contribution in [0.25, 0.3) is 0 Å². The van der Waals surface area contributed by atoms with Gasteiger partial charge in [0.15, 0.2) is 5.78 Å². The quantitative estimate of drug-likeness (QED) is 0.420. The van der Waals surface area contributed by atoms with Gasteiger partial charge in [0.2, 0.25) is 0 Å². The van der Waals surface area contributed by atoms with Crippen LogP contribution >= 0.6 is 27.5 Å². The number of aryl methyl sites for hydroxylation is 1. The molecule has 16 heavy (non-hydrogen) atoms. The van der Waals surface area contributed by atoms with E-state index in [2.05, 4.69) is 15.9 Å². The average molecular weight is 304 g/mol. The first-order valence-electron chi connectivity index (χ1n) is 5.50. The molecule has 1 aromatic carbocycles. The van der Waals surface area contributed by atoms with Gasteiger partial charge in [-0.25, -0.2) is 0 Å². The molecule has 0 spiro atoms. The highest BCUT2D eigenvalue weighted by molar-refractivity contribution is 9.09. The van der Waals surface area contributed by atoms with E-state index in [1.165, 1.54) is 0 Å². The zero-order valence-electron chi connectivity index (χ0n) is 9.43. The van der Waals surface area contributed by atoms with Gasteiger partial charge in [-0.05, 0) is 31.4 Å². The van der Waals surface area contributed by atoms with Crippen LogP contribution in [0.1, 0.15) is 41.6 Å². The van der Waals surface area contributed by atoms with Gasteiger partial charge < -0.3 is 0 Å². The molecule has 1 aromatic rings. The van der Waals surface area contributed by atoms with Crippen LogP contribution in [0.5, 0.6) is 0 Å². The second kappa shape index (κ2) is 7.08. The summed E-state index contributed by atoms with van der Waals surface area (Å²) in [6.45, 7) is 1.94. The topological polar surface area (TPSA) is 17.1 Å². The Balaban J connectivity index is 2.50. The van der Waals surface area contributed by atoms with Gasteiger partial charge in [-0.1, -0.05) is 46.1 Å². The predicted molar refractivity (Wildman–Crippen MR) is 72.8 cm³/mol. The van der Waals surface area contributed by atoms with Crippen molar-refractivity contribution in [1.29, 1.82) is 0 Å². The lowest BCUT2D eigenvalue weighted by molar-refractivity contribution is 0.0979. The number of Topliss-reactive ketones (excluding diaryl/α,β-unsaturated/α-hetero) is 1. The Kier molecular flexibility index (Phi) is 6.07. The van der Waals surface area contributed by atoms with E-state index in [1.807, 2.05) is 19.1 Å². The molecule has 1 nitrogen and oxygen atoms in total. The number of alkyl halides is 1. The summed E-state index contributed by atoms with van der Waals surface area (Å²) in [6, 6.07) is 5.52. The summed E-state index contributed by atoms with van der Waals surface area (Å²) in [7, 11) is 0. The van der Waals surface area contributed by atoms with Gasteiger partial charge in [0.1, 0.15) is 0 Å². The predicted octanol–water partition coefficient (Wildman–Crippen LogP) is 4.79. The van der Waals surface area contributed by atoms with E-state index in [1.54, 1.807) is 6.07 Å². The van der Waals surface area contributed by atoms with Crippen LogP contribution in [0.4, 0.5) is 0 Å². The smallest absolute Gasteiger partial charge is 0.162 e. The molecule has 0 aliphatic carbocycles. The number of ketones is 1. The van der Waals surface area contributed by atoms with Crippen LogP contribution in [0.15, 0.2) is 18.2 Å². The monoisotopic (exact) mass is 302 g/mol. The van der Waals surface area contributed by atoms with Crippen molar-refractivity contribution >= 4 is 33.3 Å². The molecule has 1 rings (SSSR count). The van der Waals surface area contributed by atoms with Crippen molar-refractivity contribution in [3.8, 4) is 0 Å². The first-order valence-corrected chi connectivity index (χ1v) is 7.00. The number of carbonyl (C=O) groups excluding carboxylic acids is 1. The summed E-state index contributed by atoms with van der Waals surface area (Å²) in [5.74, 6) is 0.191. The average Bonchev–Trinajstić information content (AvgIpc) is 2.28. The molecule has 0 N–H and O–H groups in total. The zero-order valence-corrected chi connectivity index (χ0v) is 11.8. The molecule has 0 fully saturated rings. The largest absolute Gasteiger partial charge is 0.294 e. The van der Waals surface area contributed by atoms with E-state index < -0.39 is 0 Å². The summed E-state index contributed by atoms with van der Waals surface area (Å²) < 4.78 is 0. The number of hydrogen-bond donors (Lipinski definition) is 0. The SMILES string of the molecule is Cc1ccc(C(=O)CCCCCBr)cc1Cl. The van der Waals surface area contributed by atoms with E-state index in [0.717, 1.165) is 35.7 Å². The molecule has 0 heterocycles. The van der Waals surface area contributed by atoms with E-state index in [9.17, 15) is 4.79 Å². The molecule has 0 radical (unpaired) electrons. The lowest BCUT2D eigenvalue weighted by Crippen LogP contribution is -1.99. The highest BCUT2D eigenvalue weighted by Crippen LogP contribution is 2.18. The van der Waals surface area contributed by atoms with E-state index in [0.29, 0.717) is 11.4 Å². The fraction of sp³-hybridized carbons (Fsp3) is 0.462. The Hall–Kier alpha value is -0.340. The second-order valence-electron chi connectivity index (χ2n) is 3.89. The third-order valence-electron chi connectivity index (χ3n) is 2.53. The Morgan fingerprint density at radius 3 is 2.69 bits per heavy atom. The van der Waals surface area contributed by atoms with Crippen LogP contribution in [0.3, 0.4) is 0 Å². The van der Waals surface area contributed by atoms with Crippen LogP contribution in [-0.4, -0.2) is 11.1 Å². The van der Waals surface area contributed by atoms with Crippen LogP contribution in [0.2, 0.25) is 5.02 Å². The first kappa shape index (κ1) is 13.7. The third kappa shape index (κ3) is 4.26. The Labute approximate surface area is 110 Å². The summed E-state index contributed by atoms with van der Waals surface area (Å²) >= 11 is 9.36. The van der Waals surface area contributed by atoms with Gasteiger partial charge in [-0.15, -0.1) is 0 Å². The molecule has 3 heteroatoms. The minimum absolute atomic E-state index is 0.191. The van der Waals surface area contributed by atoms with Gasteiger partial charge in [-0.3, -0.25) is 4.79 Å². The van der Waals surface area contributed by atoms with Crippen LogP contribution in [-0.2, 0) is 0 Å². The molecule has 88 valence electrons. The van der Waals surface area contributed by atoms with E-state index in [-0.39, 0.29) is 5.78 Å². The van der Waals surface area contributed by atoms with Gasteiger partial charge in [0, 0.05) is 22.3 Å². The molecule has 0 bridgehead atoms. The molecular weight excluding hydrogens is 287 g/mol. The molecule has 0 atom stereocenters. The summed E-state index contributed by atoms with van der Waals surface area (Å²) in [5.41, 5.74) is 1.74. The molecule has 0 aromatic heterocycles. The van der Waals surface area contributed by atoms with Crippen LogP contribution in [0, 0.1) is 6.92 Å². The highest BCUT2D eigenvalue weighted by atomic mass is 79.9. The molecule has 0 unspecified atom stereocenters. The first-order chi connectivity index (χ1) is 7.65. The maximum atomic E-state index is 11.8. The van der Waals surface area contributed by atoms with Crippen molar-refractivity contribution in [3.05, 3.63) is 34.3 Å². The zero-order chi connectivity index (χ0) is 12.0. The van der Waals surface area contributed by atoms with Crippen molar-refractivity contribution in [1.82, 2.24) is 0 Å². The number of hydrogen-bond acceptors (Lipinski definition) is 1. The van der Waals surface area contributed by atoms with E-state index >= 15 is 0 Å². The number of benzene rings is 1. The van der Waals surface area contributed by atoms with Crippen LogP contribution < -0.4 is 0 Å². The summed E-state index contributed by atoms with van der Waals surface area (Å²) in [4.78, 5) is 11.8. The van der Waals surface area contributed by atoms with E-state index in [4.69, 9.17) is 11.6 Å². The van der Waals surface area contributed by atoms with Crippen molar-refractivity contribution < 1.29 is 4.79 Å². The summed E-state index contributed by atoms with van der Waals surface area (Å²) in [5, 5.41) is 1.68. The van der Waals surface area contributed by atoms with Crippen molar-refractivity contribution in [2.24, 2.45) is 0 Å². The summed E-state index contributed by atoms with van der Waals surface area (Å²) in [6.07, 6.45) is 3.79. The standard InChI is InChI=1S/C13H16BrClO/c1-10-6-7-11(9-12(10)15)13(16)5-3-2-4-8-14/h6-7,9H,2-5,8H2,1H3. The Morgan fingerprint density at radius 1 is 1.31 bits per heavy atom. The molecule has 0 aliphatic heterocycles. The lowest BCUT2D eigenvalue weighted by Gasteiger charge is -2.03. The minimum Gasteiger partial charge on any atom is -0.294 e. The van der Waals surface area contributed by atoms with Gasteiger partial charge in [0.05, 0.1) is 0 Å². The number of carbonyl (C=O) groups is 1. The number of unbranched alkanes of at least 4 members (excludes halogenated alkanes) is 2. The maximum Gasteiger partial charge on any atom is 0.162 e. The number of halogens is 2. The van der Waals surface area contributed by atoms with Crippen molar-refractivity contribution in [2.75, 3.05) is 5.33 Å². The van der Waals surface area contributed by atoms with Crippen molar-refractivity contribution in [3.63, 3.8) is 0 Å². The van der Waals surface area contributed by atoms with Gasteiger partial charge in [-0.2, -0.15) is 0 Å². The van der Waals surface area contributed by atoms with Gasteiger partial charge in [0.25, 0.3) is 0 Å². The molecular formula is C13H16BrClO. The Morgan fingerprint density at radius 2 is 2.06 bits per heavy atom. The normalized spacial score (nSPS) is 10.4. The third-order valence-corrected chi connectivity index (χ3v) is 3.50. The number of rotatable bonds is 6. The maximum absolute atomic E-state index is 11.8. The van der Waals surface area contributed by atoms with Gasteiger partial charge >= 0.3 is 0 Å². The fourth-order valence-electron chi connectivity index (χ4n) is 1.47. The molecule has 0 saturated carbocycles.